The molecule has 2 rings (SSSR count). The van der Waals surface area contributed by atoms with Crippen LogP contribution in [0.2, 0.25) is 0 Å². The molecule has 2 aliphatic rings. The Hall–Kier alpha value is 0.310. The van der Waals surface area contributed by atoms with Crippen molar-refractivity contribution < 1.29 is 0 Å². The van der Waals surface area contributed by atoms with Crippen LogP contribution < -0.4 is 5.32 Å². The summed E-state index contributed by atoms with van der Waals surface area (Å²) in [5, 5.41) is 4.60. The highest BCUT2D eigenvalue weighted by molar-refractivity contribution is 8.32. The maximum Gasteiger partial charge on any atom is 0.0402 e. The molecule has 0 aromatic rings. The van der Waals surface area contributed by atoms with Gasteiger partial charge in [-0.3, -0.25) is 0 Å². The zero-order valence-electron chi connectivity index (χ0n) is 8.47. The van der Waals surface area contributed by atoms with Crippen LogP contribution in [0.4, 0.5) is 0 Å². The summed E-state index contributed by atoms with van der Waals surface area (Å²) in [6.45, 7) is 1.31. The third kappa shape index (κ3) is 1.39. The summed E-state index contributed by atoms with van der Waals surface area (Å²) in [6, 6.07) is 0. The molecule has 1 heterocycles. The number of nitrogens with one attached hydrogen (secondary N) is 1. The van der Waals surface area contributed by atoms with E-state index in [0.717, 1.165) is 17.2 Å². The Bertz CT molecular complexity index is 173. The maximum absolute atomic E-state index is 3.74. The van der Waals surface area contributed by atoms with E-state index < -0.39 is 0 Å². The van der Waals surface area contributed by atoms with Crippen LogP contribution in [-0.4, -0.2) is 30.7 Å². The van der Waals surface area contributed by atoms with E-state index >= 15 is 0 Å². The SMILES string of the molecule is CS(C)(C)C1NCC2CCCC21. The van der Waals surface area contributed by atoms with Crippen molar-refractivity contribution in [3.8, 4) is 0 Å². The molecular formula is C10H21NS. The van der Waals surface area contributed by atoms with Gasteiger partial charge >= 0.3 is 0 Å². The Morgan fingerprint density at radius 3 is 2.58 bits per heavy atom. The average Bonchev–Trinajstić information content (AvgIpc) is 2.37. The van der Waals surface area contributed by atoms with E-state index in [0.29, 0.717) is 0 Å². The molecular weight excluding hydrogens is 166 g/mol. The van der Waals surface area contributed by atoms with Crippen molar-refractivity contribution in [1.82, 2.24) is 5.32 Å². The first kappa shape index (κ1) is 8.89. The van der Waals surface area contributed by atoms with Gasteiger partial charge in [0.25, 0.3) is 0 Å². The van der Waals surface area contributed by atoms with Gasteiger partial charge in [-0.25, -0.2) is 10.0 Å². The zero-order valence-corrected chi connectivity index (χ0v) is 9.29. The van der Waals surface area contributed by atoms with Crippen LogP contribution >= 0.6 is 10.0 Å². The minimum Gasteiger partial charge on any atom is -0.306 e. The zero-order chi connectivity index (χ0) is 8.77. The van der Waals surface area contributed by atoms with Gasteiger partial charge in [-0.05, 0) is 50.0 Å². The molecule has 1 aliphatic carbocycles. The topological polar surface area (TPSA) is 12.0 Å². The van der Waals surface area contributed by atoms with E-state index in [1.165, 1.54) is 25.8 Å². The Balaban J connectivity index is 2.09. The van der Waals surface area contributed by atoms with E-state index in [9.17, 15) is 0 Å². The van der Waals surface area contributed by atoms with E-state index in [2.05, 4.69) is 24.1 Å². The molecule has 12 heavy (non-hydrogen) atoms. The lowest BCUT2D eigenvalue weighted by Gasteiger charge is -2.37. The first-order valence-corrected chi connectivity index (χ1v) is 7.91. The molecule has 3 unspecified atom stereocenters. The molecule has 2 heteroatoms. The molecule has 1 saturated carbocycles. The molecule has 1 N–H and O–H groups in total. The average molecular weight is 187 g/mol. The van der Waals surface area contributed by atoms with Gasteiger partial charge in [0.1, 0.15) is 0 Å². The highest BCUT2D eigenvalue weighted by Crippen LogP contribution is 2.52. The molecule has 0 aromatic heterocycles. The first-order chi connectivity index (χ1) is 5.59. The summed E-state index contributed by atoms with van der Waals surface area (Å²) in [6.07, 6.45) is 11.8. The number of hydrogen-bond acceptors (Lipinski definition) is 1. The van der Waals surface area contributed by atoms with Gasteiger partial charge < -0.3 is 5.32 Å². The summed E-state index contributed by atoms with van der Waals surface area (Å²) < 4.78 is 0. The summed E-state index contributed by atoms with van der Waals surface area (Å²) in [7, 11) is -0.368. The van der Waals surface area contributed by atoms with Crippen molar-refractivity contribution >= 4 is 10.0 Å². The van der Waals surface area contributed by atoms with Gasteiger partial charge in [0, 0.05) is 5.37 Å². The van der Waals surface area contributed by atoms with Gasteiger partial charge in [-0.1, -0.05) is 6.42 Å². The van der Waals surface area contributed by atoms with Crippen LogP contribution in [-0.2, 0) is 0 Å². The molecule has 72 valence electrons. The molecule has 1 aliphatic heterocycles. The fourth-order valence-corrected chi connectivity index (χ4v) is 4.91. The monoisotopic (exact) mass is 187 g/mol. The van der Waals surface area contributed by atoms with Crippen molar-refractivity contribution in [3.63, 3.8) is 0 Å². The van der Waals surface area contributed by atoms with Crippen LogP contribution in [0, 0.1) is 11.8 Å². The van der Waals surface area contributed by atoms with Crippen LogP contribution in [0.15, 0.2) is 0 Å². The van der Waals surface area contributed by atoms with Crippen molar-refractivity contribution in [2.45, 2.75) is 24.6 Å². The molecule has 0 amide bonds. The lowest BCUT2D eigenvalue weighted by Crippen LogP contribution is -2.31. The largest absolute Gasteiger partial charge is 0.306 e. The summed E-state index contributed by atoms with van der Waals surface area (Å²) in [5.74, 6) is 2.06. The van der Waals surface area contributed by atoms with E-state index in [-0.39, 0.29) is 10.0 Å². The summed E-state index contributed by atoms with van der Waals surface area (Å²) in [4.78, 5) is 0. The van der Waals surface area contributed by atoms with Crippen LogP contribution in [0.25, 0.3) is 0 Å². The van der Waals surface area contributed by atoms with E-state index in [4.69, 9.17) is 0 Å². The Kier molecular flexibility index (Phi) is 2.16. The second-order valence-electron chi connectivity index (χ2n) is 5.12. The lowest BCUT2D eigenvalue weighted by atomic mass is 10.0. The van der Waals surface area contributed by atoms with Crippen LogP contribution in [0.5, 0.6) is 0 Å². The van der Waals surface area contributed by atoms with Crippen molar-refractivity contribution in [1.29, 1.82) is 0 Å². The lowest BCUT2D eigenvalue weighted by molar-refractivity contribution is 0.478. The molecule has 1 saturated heterocycles. The fourth-order valence-electron chi connectivity index (χ4n) is 2.91. The maximum atomic E-state index is 3.74. The number of fused-ring (bicyclic) bond motifs is 1. The van der Waals surface area contributed by atoms with Crippen molar-refractivity contribution in [2.75, 3.05) is 25.3 Å². The fraction of sp³-hybridized carbons (Fsp3) is 1.00. The molecule has 0 radical (unpaired) electrons. The number of rotatable bonds is 1. The third-order valence-electron chi connectivity index (χ3n) is 3.45. The highest BCUT2D eigenvalue weighted by atomic mass is 32.3. The predicted molar refractivity (Wildman–Crippen MR) is 58.0 cm³/mol. The normalized spacial score (nSPS) is 43.1. The minimum absolute atomic E-state index is 0.368. The van der Waals surface area contributed by atoms with Crippen LogP contribution in [0.3, 0.4) is 0 Å². The molecule has 0 bridgehead atoms. The minimum atomic E-state index is -0.368. The standard InChI is InChI=1S/C10H21NS/c1-12(2,3)10-9-6-4-5-8(9)7-11-10/h8-11H,4-7H2,1-3H3. The van der Waals surface area contributed by atoms with Crippen molar-refractivity contribution in [2.24, 2.45) is 11.8 Å². The summed E-state index contributed by atoms with van der Waals surface area (Å²) in [5.41, 5.74) is 0. The number of hydrogen-bond donors (Lipinski definition) is 1. The molecule has 0 aromatic carbocycles. The Morgan fingerprint density at radius 1 is 1.17 bits per heavy atom. The van der Waals surface area contributed by atoms with Gasteiger partial charge in [-0.2, -0.15) is 0 Å². The molecule has 0 spiro atoms. The third-order valence-corrected chi connectivity index (χ3v) is 5.49. The van der Waals surface area contributed by atoms with Crippen LogP contribution in [0.1, 0.15) is 19.3 Å². The molecule has 1 nitrogen and oxygen atoms in total. The highest BCUT2D eigenvalue weighted by Gasteiger charge is 2.42. The Morgan fingerprint density at radius 2 is 1.92 bits per heavy atom. The smallest absolute Gasteiger partial charge is 0.0402 e. The van der Waals surface area contributed by atoms with Gasteiger partial charge in [-0.15, -0.1) is 0 Å². The summed E-state index contributed by atoms with van der Waals surface area (Å²) >= 11 is 0. The van der Waals surface area contributed by atoms with E-state index in [1.807, 2.05) is 0 Å². The quantitative estimate of drug-likeness (QED) is 0.662. The first-order valence-electron chi connectivity index (χ1n) is 4.99. The molecule has 2 fully saturated rings. The van der Waals surface area contributed by atoms with Gasteiger partial charge in [0.2, 0.25) is 0 Å². The van der Waals surface area contributed by atoms with Gasteiger partial charge in [0.15, 0.2) is 0 Å². The second-order valence-corrected chi connectivity index (χ2v) is 9.49. The van der Waals surface area contributed by atoms with Crippen molar-refractivity contribution in [3.05, 3.63) is 0 Å². The predicted octanol–water partition coefficient (Wildman–Crippen LogP) is 2.03. The van der Waals surface area contributed by atoms with Gasteiger partial charge in [0.05, 0.1) is 0 Å². The Labute approximate surface area is 77.6 Å². The second kappa shape index (κ2) is 2.91. The molecule has 3 atom stereocenters. The van der Waals surface area contributed by atoms with E-state index in [1.54, 1.807) is 0 Å².